The number of hydrogen-bond donors (Lipinski definition) is 1. The fourth-order valence-corrected chi connectivity index (χ4v) is 7.06. The van der Waals surface area contributed by atoms with Gasteiger partial charge in [-0.05, 0) is 54.7 Å². The molecule has 0 spiro atoms. The summed E-state index contributed by atoms with van der Waals surface area (Å²) in [5.41, 5.74) is 1.59. The number of ether oxygens (including phenoxy) is 1. The van der Waals surface area contributed by atoms with Gasteiger partial charge in [0, 0.05) is 36.1 Å². The molecule has 0 radical (unpaired) electrons. The molecular formula is C26H30Cl2N6O4S. The largest absolute Gasteiger partial charge is 0.357 e. The van der Waals surface area contributed by atoms with Crippen LogP contribution in [0.1, 0.15) is 55.3 Å². The number of sulfonamides is 1. The fourth-order valence-electron chi connectivity index (χ4n) is 5.11. The van der Waals surface area contributed by atoms with Crippen molar-refractivity contribution in [2.45, 2.75) is 62.1 Å². The van der Waals surface area contributed by atoms with Crippen molar-refractivity contribution in [3.05, 3.63) is 75.5 Å². The summed E-state index contributed by atoms with van der Waals surface area (Å²) in [5.74, 6) is 0.0617. The Bertz CT molecular complexity index is 1400. The summed E-state index contributed by atoms with van der Waals surface area (Å²) < 4.78 is 34.0. The molecule has 2 aliphatic rings. The number of nitrogens with zero attached hydrogens (tertiary/aromatic N) is 5. The molecule has 2 aromatic carbocycles. The number of H-pyrrole nitrogens is 1. The SMILES string of the molecule is CCC(CN(C)S(=O)(=O)C1CC1)N1C(=O)[C@@H](Cc2nn[nH]n2)O[C@H](c2cccc(Cl)c2)[C@H]1c1ccc(Cl)cc1. The van der Waals surface area contributed by atoms with Crippen LogP contribution in [0.4, 0.5) is 0 Å². The van der Waals surface area contributed by atoms with Crippen LogP contribution in [0, 0.1) is 0 Å². The summed E-state index contributed by atoms with van der Waals surface area (Å²) in [6, 6.07) is 13.6. The van der Waals surface area contributed by atoms with E-state index in [1.54, 1.807) is 30.1 Å². The Hall–Kier alpha value is -2.57. The number of carbonyl (C=O) groups is 1. The zero-order chi connectivity index (χ0) is 27.7. The molecule has 10 nitrogen and oxygen atoms in total. The molecule has 1 saturated heterocycles. The lowest BCUT2D eigenvalue weighted by Gasteiger charge is -2.48. The van der Waals surface area contributed by atoms with E-state index in [1.165, 1.54) is 4.31 Å². The predicted molar refractivity (Wildman–Crippen MR) is 147 cm³/mol. The molecule has 2 fully saturated rings. The maximum Gasteiger partial charge on any atom is 0.253 e. The van der Waals surface area contributed by atoms with Crippen LogP contribution in [0.3, 0.4) is 0 Å². The molecule has 1 aromatic heterocycles. The molecule has 4 atom stereocenters. The van der Waals surface area contributed by atoms with Crippen LogP contribution < -0.4 is 0 Å². The highest BCUT2D eigenvalue weighted by atomic mass is 35.5. The molecule has 1 amide bonds. The lowest BCUT2D eigenvalue weighted by molar-refractivity contribution is -0.179. The highest BCUT2D eigenvalue weighted by molar-refractivity contribution is 7.90. The van der Waals surface area contributed by atoms with E-state index < -0.39 is 34.3 Å². The zero-order valence-electron chi connectivity index (χ0n) is 21.6. The van der Waals surface area contributed by atoms with E-state index >= 15 is 0 Å². The van der Waals surface area contributed by atoms with E-state index in [1.807, 2.05) is 37.3 Å². The van der Waals surface area contributed by atoms with Crippen molar-refractivity contribution in [3.8, 4) is 0 Å². The number of nitrogens with one attached hydrogen (secondary N) is 1. The monoisotopic (exact) mass is 592 g/mol. The number of halogens is 2. The van der Waals surface area contributed by atoms with Gasteiger partial charge in [0.05, 0.1) is 11.3 Å². The van der Waals surface area contributed by atoms with Gasteiger partial charge in [0.1, 0.15) is 12.2 Å². The third-order valence-electron chi connectivity index (χ3n) is 7.29. The number of aromatic nitrogens is 4. The second-order valence-corrected chi connectivity index (χ2v) is 13.2. The maximum absolute atomic E-state index is 14.2. The van der Waals surface area contributed by atoms with Gasteiger partial charge in [0.25, 0.3) is 5.91 Å². The number of morpholine rings is 1. The van der Waals surface area contributed by atoms with E-state index in [4.69, 9.17) is 27.9 Å². The molecule has 1 unspecified atom stereocenters. The van der Waals surface area contributed by atoms with Crippen LogP contribution in [0.2, 0.25) is 10.0 Å². The van der Waals surface area contributed by atoms with Crippen LogP contribution in [0.15, 0.2) is 48.5 Å². The summed E-state index contributed by atoms with van der Waals surface area (Å²) in [4.78, 5) is 16.0. The van der Waals surface area contributed by atoms with Crippen LogP contribution in [-0.4, -0.2) is 75.1 Å². The van der Waals surface area contributed by atoms with Crippen molar-refractivity contribution in [2.24, 2.45) is 0 Å². The highest BCUT2D eigenvalue weighted by Crippen LogP contribution is 2.45. The molecule has 2 heterocycles. The van der Waals surface area contributed by atoms with Crippen molar-refractivity contribution in [1.82, 2.24) is 29.8 Å². The minimum Gasteiger partial charge on any atom is -0.357 e. The summed E-state index contributed by atoms with van der Waals surface area (Å²) in [7, 11) is -1.86. The first-order valence-corrected chi connectivity index (χ1v) is 15.1. The number of carbonyl (C=O) groups excluding carboxylic acids is 1. The first-order chi connectivity index (χ1) is 18.7. The molecule has 1 aliphatic heterocycles. The van der Waals surface area contributed by atoms with Gasteiger partial charge in [-0.1, -0.05) is 59.6 Å². The Balaban J connectivity index is 1.59. The van der Waals surface area contributed by atoms with Gasteiger partial charge in [-0.25, -0.2) is 12.7 Å². The lowest BCUT2D eigenvalue weighted by atomic mass is 9.89. The van der Waals surface area contributed by atoms with Crippen molar-refractivity contribution in [1.29, 1.82) is 0 Å². The Morgan fingerprint density at radius 3 is 2.49 bits per heavy atom. The molecule has 39 heavy (non-hydrogen) atoms. The van der Waals surface area contributed by atoms with Crippen LogP contribution in [-0.2, 0) is 26.0 Å². The average Bonchev–Trinajstić information content (AvgIpc) is 3.66. The zero-order valence-corrected chi connectivity index (χ0v) is 23.9. The Labute approximate surface area is 237 Å². The molecule has 1 aliphatic carbocycles. The standard InChI is InChI=1S/C26H30Cl2N6O4S/c1-3-20(15-33(2)39(36,37)21-11-12-21)34-24(16-7-9-18(27)10-8-16)25(17-5-4-6-19(28)13-17)38-22(26(34)35)14-23-29-31-32-30-23/h4-10,13,20-22,24-25H,3,11-12,14-15H2,1-2H3,(H,29,30,31,32)/t20?,22-,24-,25-/m1/s1. The molecule has 5 rings (SSSR count). The number of aromatic amines is 1. The first-order valence-electron chi connectivity index (χ1n) is 12.8. The molecule has 0 bridgehead atoms. The maximum atomic E-state index is 14.2. The van der Waals surface area contributed by atoms with Crippen LogP contribution in [0.5, 0.6) is 0 Å². The second kappa shape index (κ2) is 11.5. The highest BCUT2D eigenvalue weighted by Gasteiger charge is 2.48. The summed E-state index contributed by atoms with van der Waals surface area (Å²) in [6.07, 6.45) is 0.419. The number of benzene rings is 2. The quantitative estimate of drug-likeness (QED) is 0.378. The lowest BCUT2D eigenvalue weighted by Crippen LogP contribution is -2.57. The number of tetrazole rings is 1. The minimum atomic E-state index is -3.44. The molecule has 208 valence electrons. The van der Waals surface area contributed by atoms with Gasteiger partial charge in [-0.2, -0.15) is 5.21 Å². The summed E-state index contributed by atoms with van der Waals surface area (Å²) >= 11 is 12.6. The molecule has 13 heteroatoms. The van der Waals surface area contributed by atoms with E-state index in [0.717, 1.165) is 11.1 Å². The predicted octanol–water partition coefficient (Wildman–Crippen LogP) is 3.96. The van der Waals surface area contributed by atoms with Crippen LogP contribution in [0.25, 0.3) is 0 Å². The molecule has 3 aromatic rings. The van der Waals surface area contributed by atoms with E-state index in [0.29, 0.717) is 35.1 Å². The Morgan fingerprint density at radius 1 is 1.13 bits per heavy atom. The topological polar surface area (TPSA) is 121 Å². The van der Waals surface area contributed by atoms with Gasteiger partial charge in [0.2, 0.25) is 10.0 Å². The number of hydrogen-bond acceptors (Lipinski definition) is 7. The number of likely N-dealkylation sites (N-methyl/N-ethyl adjacent to an activating group) is 1. The first kappa shape index (κ1) is 28.0. The average molecular weight is 594 g/mol. The fraction of sp³-hybridized carbons (Fsp3) is 0.462. The number of amides is 1. The van der Waals surface area contributed by atoms with Gasteiger partial charge in [0.15, 0.2) is 5.82 Å². The minimum absolute atomic E-state index is 0.100. The molecular weight excluding hydrogens is 563 g/mol. The Morgan fingerprint density at radius 2 is 1.87 bits per heavy atom. The van der Waals surface area contributed by atoms with Crippen molar-refractivity contribution in [2.75, 3.05) is 13.6 Å². The molecule has 1 saturated carbocycles. The summed E-state index contributed by atoms with van der Waals surface area (Å²) in [5, 5.41) is 14.8. The van der Waals surface area contributed by atoms with E-state index in [9.17, 15) is 13.2 Å². The Kier molecular flexibility index (Phi) is 8.25. The smallest absolute Gasteiger partial charge is 0.253 e. The van der Waals surface area contributed by atoms with Crippen molar-refractivity contribution < 1.29 is 17.9 Å². The van der Waals surface area contributed by atoms with E-state index in [-0.39, 0.29) is 24.1 Å². The second-order valence-electron chi connectivity index (χ2n) is 9.96. The molecule has 1 N–H and O–H groups in total. The van der Waals surface area contributed by atoms with Crippen LogP contribution >= 0.6 is 23.2 Å². The third kappa shape index (κ3) is 5.97. The van der Waals surface area contributed by atoms with Gasteiger partial charge < -0.3 is 9.64 Å². The number of rotatable bonds is 10. The van der Waals surface area contributed by atoms with Gasteiger partial charge >= 0.3 is 0 Å². The van der Waals surface area contributed by atoms with Crippen molar-refractivity contribution in [3.63, 3.8) is 0 Å². The third-order valence-corrected chi connectivity index (χ3v) is 10.1. The summed E-state index contributed by atoms with van der Waals surface area (Å²) in [6.45, 7) is 2.11. The van der Waals surface area contributed by atoms with E-state index in [2.05, 4.69) is 20.6 Å². The van der Waals surface area contributed by atoms with Gasteiger partial charge in [-0.15, -0.1) is 10.2 Å². The van der Waals surface area contributed by atoms with Gasteiger partial charge in [-0.3, -0.25) is 4.79 Å². The normalized spacial score (nSPS) is 22.8. The van der Waals surface area contributed by atoms with Crippen molar-refractivity contribution >= 4 is 39.1 Å².